The number of aliphatic hydroxyl groups is 1. The second-order valence-corrected chi connectivity index (χ2v) is 4.67. The number of hydrogen-bond donors (Lipinski definition) is 3. The van der Waals surface area contributed by atoms with Crippen LogP contribution >= 0.6 is 11.6 Å². The summed E-state index contributed by atoms with van der Waals surface area (Å²) >= 11 is 6.01. The number of rotatable bonds is 8. The molecule has 3 N–H and O–H groups in total. The number of benzene rings is 1. The molecule has 0 aliphatic rings. The Hall–Kier alpha value is -0.810. The van der Waals surface area contributed by atoms with Gasteiger partial charge in [0, 0.05) is 25.2 Å². The molecule has 0 saturated heterocycles. The molecular formula is C15H28ClN3O. The third-order valence-corrected chi connectivity index (χ3v) is 3.36. The van der Waals surface area contributed by atoms with Crippen molar-refractivity contribution in [2.75, 3.05) is 38.7 Å². The minimum Gasteiger partial charge on any atom is -0.400 e. The number of nitrogens with one attached hydrogen (secondary N) is 2. The third kappa shape index (κ3) is 7.10. The summed E-state index contributed by atoms with van der Waals surface area (Å²) < 4.78 is 0. The summed E-state index contributed by atoms with van der Waals surface area (Å²) in [7, 11) is 1.00. The zero-order valence-corrected chi connectivity index (χ0v) is 13.8. The Morgan fingerprint density at radius 3 is 2.35 bits per heavy atom. The van der Waals surface area contributed by atoms with Crippen LogP contribution in [0.4, 0.5) is 5.69 Å². The molecule has 1 aromatic carbocycles. The first-order valence-corrected chi connectivity index (χ1v) is 7.53. The van der Waals surface area contributed by atoms with Crippen molar-refractivity contribution in [1.82, 2.24) is 10.3 Å². The molecule has 0 fully saturated rings. The fraction of sp³-hybridized carbons (Fsp3) is 0.600. The van der Waals surface area contributed by atoms with Crippen LogP contribution in [0.2, 0.25) is 5.02 Å². The molecule has 0 heterocycles. The molecule has 0 unspecified atom stereocenters. The maximum absolute atomic E-state index is 7.00. The molecule has 0 spiro atoms. The summed E-state index contributed by atoms with van der Waals surface area (Å²) in [6.07, 6.45) is 0.997. The summed E-state index contributed by atoms with van der Waals surface area (Å²) in [5, 5.41) is 7.76. The highest BCUT2D eigenvalue weighted by Crippen LogP contribution is 2.20. The molecule has 0 aliphatic carbocycles. The van der Waals surface area contributed by atoms with E-state index in [9.17, 15) is 0 Å². The van der Waals surface area contributed by atoms with Crippen LogP contribution in [0, 0.1) is 0 Å². The van der Waals surface area contributed by atoms with E-state index in [1.165, 1.54) is 5.56 Å². The van der Waals surface area contributed by atoms with Gasteiger partial charge >= 0.3 is 0 Å². The number of anilines is 1. The van der Waals surface area contributed by atoms with E-state index < -0.39 is 0 Å². The van der Waals surface area contributed by atoms with Gasteiger partial charge < -0.3 is 15.4 Å². The number of aliphatic hydroxyl groups excluding tert-OH is 1. The maximum Gasteiger partial charge on any atom is 0.0534 e. The van der Waals surface area contributed by atoms with E-state index in [0.29, 0.717) is 0 Å². The average Bonchev–Trinajstić information content (AvgIpc) is 2.49. The van der Waals surface area contributed by atoms with Gasteiger partial charge in [-0.05, 0) is 37.2 Å². The predicted molar refractivity (Wildman–Crippen MR) is 88.4 cm³/mol. The minimum atomic E-state index is 0.764. The Kier molecular flexibility index (Phi) is 11.5. The van der Waals surface area contributed by atoms with Gasteiger partial charge in [0.05, 0.1) is 5.69 Å². The van der Waals surface area contributed by atoms with Crippen LogP contribution in [0.25, 0.3) is 0 Å². The van der Waals surface area contributed by atoms with Crippen LogP contribution in [0.1, 0.15) is 26.3 Å². The van der Waals surface area contributed by atoms with Gasteiger partial charge in [-0.3, -0.25) is 0 Å². The molecule has 1 aromatic rings. The Morgan fingerprint density at radius 2 is 1.80 bits per heavy atom. The van der Waals surface area contributed by atoms with Gasteiger partial charge in [-0.15, -0.1) is 0 Å². The summed E-state index contributed by atoms with van der Waals surface area (Å²) in [6, 6.07) is 5.96. The van der Waals surface area contributed by atoms with Gasteiger partial charge in [0.15, 0.2) is 0 Å². The quantitative estimate of drug-likeness (QED) is 0.510. The second-order valence-electron chi connectivity index (χ2n) is 4.23. The molecule has 1 rings (SSSR count). The summed E-state index contributed by atoms with van der Waals surface area (Å²) in [6.45, 7) is 10.7. The molecule has 0 aliphatic heterocycles. The summed E-state index contributed by atoms with van der Waals surface area (Å²) in [4.78, 5) is 2.38. The highest BCUT2D eigenvalue weighted by molar-refractivity contribution is 6.30. The SMILES string of the molecule is CCc1ccc(Cl)cc1NNCCN(CC)CC.CO. The number of aryl methyl sites for hydroxylation is 1. The van der Waals surface area contributed by atoms with Crippen molar-refractivity contribution in [1.29, 1.82) is 0 Å². The Morgan fingerprint density at radius 1 is 1.15 bits per heavy atom. The topological polar surface area (TPSA) is 47.5 Å². The maximum atomic E-state index is 7.00. The first-order chi connectivity index (χ1) is 9.71. The average molecular weight is 302 g/mol. The van der Waals surface area contributed by atoms with E-state index in [2.05, 4.69) is 42.6 Å². The van der Waals surface area contributed by atoms with E-state index in [-0.39, 0.29) is 0 Å². The minimum absolute atomic E-state index is 0.764. The Bertz CT molecular complexity index is 357. The monoisotopic (exact) mass is 301 g/mol. The molecule has 0 bridgehead atoms. The molecule has 5 heteroatoms. The van der Waals surface area contributed by atoms with Crippen molar-refractivity contribution in [3.63, 3.8) is 0 Å². The van der Waals surface area contributed by atoms with Crippen LogP contribution < -0.4 is 10.9 Å². The lowest BCUT2D eigenvalue weighted by molar-refractivity contribution is 0.305. The van der Waals surface area contributed by atoms with Crippen molar-refractivity contribution in [2.45, 2.75) is 27.2 Å². The van der Waals surface area contributed by atoms with Gasteiger partial charge in [0.25, 0.3) is 0 Å². The van der Waals surface area contributed by atoms with E-state index in [4.69, 9.17) is 16.7 Å². The fourth-order valence-electron chi connectivity index (χ4n) is 1.88. The van der Waals surface area contributed by atoms with Crippen molar-refractivity contribution in [3.05, 3.63) is 28.8 Å². The van der Waals surface area contributed by atoms with Gasteiger partial charge in [-0.25, -0.2) is 5.43 Å². The van der Waals surface area contributed by atoms with Crippen LogP contribution in [-0.4, -0.2) is 43.3 Å². The van der Waals surface area contributed by atoms with Crippen molar-refractivity contribution in [2.24, 2.45) is 0 Å². The van der Waals surface area contributed by atoms with Crippen LogP contribution in [0.5, 0.6) is 0 Å². The first kappa shape index (κ1) is 19.2. The lowest BCUT2D eigenvalue weighted by Crippen LogP contribution is -2.34. The van der Waals surface area contributed by atoms with Gasteiger partial charge in [-0.1, -0.05) is 38.4 Å². The zero-order chi connectivity index (χ0) is 15.4. The number of likely N-dealkylation sites (N-methyl/N-ethyl adjacent to an activating group) is 1. The van der Waals surface area contributed by atoms with Crippen LogP contribution in [0.3, 0.4) is 0 Å². The molecule has 0 radical (unpaired) electrons. The van der Waals surface area contributed by atoms with E-state index in [1.54, 1.807) is 0 Å². The molecule has 20 heavy (non-hydrogen) atoms. The highest BCUT2D eigenvalue weighted by Gasteiger charge is 2.02. The largest absolute Gasteiger partial charge is 0.400 e. The number of halogens is 1. The molecule has 116 valence electrons. The van der Waals surface area contributed by atoms with E-state index >= 15 is 0 Å². The van der Waals surface area contributed by atoms with Gasteiger partial charge in [-0.2, -0.15) is 0 Å². The Labute approximate surface area is 128 Å². The fourth-order valence-corrected chi connectivity index (χ4v) is 2.06. The van der Waals surface area contributed by atoms with E-state index in [0.717, 1.165) is 50.4 Å². The zero-order valence-electron chi connectivity index (χ0n) is 13.0. The number of nitrogens with zero attached hydrogens (tertiary/aromatic N) is 1. The Balaban J connectivity index is 0.00000172. The standard InChI is InChI=1S/C14H24ClN3.CH4O/c1-4-12-7-8-13(15)11-14(12)17-16-9-10-18(5-2)6-3;1-2/h7-8,11,16-17H,4-6,9-10H2,1-3H3;2H,1H3. The lowest BCUT2D eigenvalue weighted by Gasteiger charge is -2.19. The van der Waals surface area contributed by atoms with Crippen LogP contribution in [-0.2, 0) is 6.42 Å². The van der Waals surface area contributed by atoms with Gasteiger partial charge in [0.1, 0.15) is 0 Å². The van der Waals surface area contributed by atoms with Crippen LogP contribution in [0.15, 0.2) is 18.2 Å². The molecule has 0 saturated carbocycles. The van der Waals surface area contributed by atoms with Crippen molar-refractivity contribution >= 4 is 17.3 Å². The number of hydrazine groups is 1. The molecule has 4 nitrogen and oxygen atoms in total. The van der Waals surface area contributed by atoms with Gasteiger partial charge in [0.2, 0.25) is 0 Å². The first-order valence-electron chi connectivity index (χ1n) is 7.15. The highest BCUT2D eigenvalue weighted by atomic mass is 35.5. The lowest BCUT2D eigenvalue weighted by atomic mass is 10.1. The summed E-state index contributed by atoms with van der Waals surface area (Å²) in [5.74, 6) is 0. The molecule has 0 aromatic heterocycles. The van der Waals surface area contributed by atoms with E-state index in [1.807, 2.05) is 12.1 Å². The normalized spacial score (nSPS) is 10.2. The third-order valence-electron chi connectivity index (χ3n) is 3.12. The predicted octanol–water partition coefficient (Wildman–Crippen LogP) is 2.77. The van der Waals surface area contributed by atoms with Crippen molar-refractivity contribution in [3.8, 4) is 0 Å². The smallest absolute Gasteiger partial charge is 0.0534 e. The molecule has 0 amide bonds. The number of hydrogen-bond acceptors (Lipinski definition) is 4. The molecule has 0 atom stereocenters. The summed E-state index contributed by atoms with van der Waals surface area (Å²) in [5.41, 5.74) is 8.85. The second kappa shape index (κ2) is 12.0. The molecular weight excluding hydrogens is 274 g/mol. The van der Waals surface area contributed by atoms with Crippen molar-refractivity contribution < 1.29 is 5.11 Å².